The van der Waals surface area contributed by atoms with Crippen molar-refractivity contribution >= 4 is 11.6 Å². The largest absolute Gasteiger partial charge is 0.494 e. The summed E-state index contributed by atoms with van der Waals surface area (Å²) in [5, 5.41) is 9.35. The van der Waals surface area contributed by atoms with E-state index in [1.165, 1.54) is 0 Å². The highest BCUT2D eigenvalue weighted by Gasteiger charge is 2.30. The molecule has 0 aliphatic carbocycles. The molecule has 0 spiro atoms. The second kappa shape index (κ2) is 4.53. The van der Waals surface area contributed by atoms with Crippen molar-refractivity contribution < 1.29 is 14.6 Å². The number of amides is 1. The van der Waals surface area contributed by atoms with Gasteiger partial charge < -0.3 is 14.7 Å². The van der Waals surface area contributed by atoms with Gasteiger partial charge in [0.15, 0.2) is 0 Å². The number of carbonyl (C=O) groups excluding carboxylic acids is 1. The Bertz CT molecular complexity index is 374. The molecule has 86 valence electrons. The average molecular weight is 221 g/mol. The molecule has 1 atom stereocenters. The number of hydrogen-bond donors (Lipinski definition) is 1. The second-order valence-corrected chi connectivity index (χ2v) is 3.72. The molecule has 1 fully saturated rings. The van der Waals surface area contributed by atoms with Gasteiger partial charge in [0.25, 0.3) is 5.91 Å². The van der Waals surface area contributed by atoms with Crippen molar-refractivity contribution in [2.45, 2.75) is 19.4 Å². The topological polar surface area (TPSA) is 49.8 Å². The van der Waals surface area contributed by atoms with E-state index in [1.807, 2.05) is 31.2 Å². The lowest BCUT2D eigenvalue weighted by Gasteiger charge is -2.16. The van der Waals surface area contributed by atoms with Gasteiger partial charge in [0, 0.05) is 18.7 Å². The Morgan fingerprint density at radius 3 is 2.62 bits per heavy atom. The number of anilines is 1. The number of aliphatic hydroxyl groups is 1. The number of benzene rings is 1. The second-order valence-electron chi connectivity index (χ2n) is 3.72. The number of hydrogen-bond acceptors (Lipinski definition) is 3. The molecule has 0 aromatic heterocycles. The van der Waals surface area contributed by atoms with E-state index < -0.39 is 6.10 Å². The normalized spacial score (nSPS) is 20.2. The number of ether oxygens (including phenoxy) is 1. The van der Waals surface area contributed by atoms with Gasteiger partial charge >= 0.3 is 0 Å². The maximum Gasteiger partial charge on any atom is 0.255 e. The molecule has 4 nitrogen and oxygen atoms in total. The predicted octanol–water partition coefficient (Wildman–Crippen LogP) is 1.18. The highest BCUT2D eigenvalue weighted by molar-refractivity contribution is 5.98. The van der Waals surface area contributed by atoms with Crippen LogP contribution in [0.4, 0.5) is 5.69 Å². The van der Waals surface area contributed by atoms with Crippen LogP contribution in [0.2, 0.25) is 0 Å². The van der Waals surface area contributed by atoms with E-state index in [2.05, 4.69) is 0 Å². The van der Waals surface area contributed by atoms with Gasteiger partial charge in [-0.15, -0.1) is 0 Å². The van der Waals surface area contributed by atoms with Gasteiger partial charge in [0.1, 0.15) is 11.9 Å². The van der Waals surface area contributed by atoms with Crippen LogP contribution in [0.25, 0.3) is 0 Å². The van der Waals surface area contributed by atoms with Crippen molar-refractivity contribution in [1.82, 2.24) is 0 Å². The zero-order valence-electron chi connectivity index (χ0n) is 9.22. The maximum absolute atomic E-state index is 11.6. The molecule has 1 saturated heterocycles. The molecule has 1 aromatic carbocycles. The lowest BCUT2D eigenvalue weighted by Crippen LogP contribution is -2.28. The lowest BCUT2D eigenvalue weighted by atomic mass is 10.3. The van der Waals surface area contributed by atoms with Gasteiger partial charge in [-0.05, 0) is 31.2 Å². The fourth-order valence-corrected chi connectivity index (χ4v) is 1.81. The minimum Gasteiger partial charge on any atom is -0.494 e. The van der Waals surface area contributed by atoms with Crippen LogP contribution < -0.4 is 9.64 Å². The zero-order chi connectivity index (χ0) is 11.5. The Balaban J connectivity index is 2.13. The van der Waals surface area contributed by atoms with E-state index in [-0.39, 0.29) is 5.91 Å². The van der Waals surface area contributed by atoms with Crippen molar-refractivity contribution in [3.63, 3.8) is 0 Å². The SMILES string of the molecule is CCOc1ccc(N2CCC(O)C2=O)cc1. The lowest BCUT2D eigenvalue weighted by molar-refractivity contribution is -0.123. The summed E-state index contributed by atoms with van der Waals surface area (Å²) in [4.78, 5) is 13.2. The molecule has 1 amide bonds. The maximum atomic E-state index is 11.6. The van der Waals surface area contributed by atoms with Gasteiger partial charge in [-0.25, -0.2) is 0 Å². The van der Waals surface area contributed by atoms with E-state index in [1.54, 1.807) is 4.90 Å². The molecule has 1 N–H and O–H groups in total. The van der Waals surface area contributed by atoms with E-state index in [4.69, 9.17) is 4.74 Å². The predicted molar refractivity (Wildman–Crippen MR) is 60.6 cm³/mol. The first-order chi connectivity index (χ1) is 7.72. The van der Waals surface area contributed by atoms with E-state index in [0.717, 1.165) is 11.4 Å². The minimum absolute atomic E-state index is 0.218. The summed E-state index contributed by atoms with van der Waals surface area (Å²) in [5.41, 5.74) is 0.810. The zero-order valence-corrected chi connectivity index (χ0v) is 9.22. The van der Waals surface area contributed by atoms with Crippen LogP contribution in [0.3, 0.4) is 0 Å². The molecule has 1 aliphatic heterocycles. The summed E-state index contributed by atoms with van der Waals surface area (Å²) in [5.74, 6) is 0.572. The van der Waals surface area contributed by atoms with Gasteiger partial charge in [-0.3, -0.25) is 4.79 Å². The van der Waals surface area contributed by atoms with Crippen LogP contribution in [-0.2, 0) is 4.79 Å². The molecule has 1 aromatic rings. The molecule has 1 aliphatic rings. The van der Waals surface area contributed by atoms with Crippen LogP contribution in [0.1, 0.15) is 13.3 Å². The molecule has 4 heteroatoms. The molecular weight excluding hydrogens is 206 g/mol. The van der Waals surface area contributed by atoms with E-state index in [0.29, 0.717) is 19.6 Å². The molecule has 0 saturated carbocycles. The number of carbonyl (C=O) groups is 1. The Hall–Kier alpha value is -1.55. The van der Waals surface area contributed by atoms with E-state index >= 15 is 0 Å². The van der Waals surface area contributed by atoms with Gasteiger partial charge in [0.2, 0.25) is 0 Å². The van der Waals surface area contributed by atoms with Crippen LogP contribution in [0, 0.1) is 0 Å². The third-order valence-electron chi connectivity index (χ3n) is 2.64. The summed E-state index contributed by atoms with van der Waals surface area (Å²) >= 11 is 0. The molecule has 16 heavy (non-hydrogen) atoms. The highest BCUT2D eigenvalue weighted by atomic mass is 16.5. The van der Waals surface area contributed by atoms with Gasteiger partial charge in [-0.1, -0.05) is 0 Å². The number of nitrogens with zero attached hydrogens (tertiary/aromatic N) is 1. The summed E-state index contributed by atoms with van der Waals surface area (Å²) in [6.07, 6.45) is -0.335. The first-order valence-electron chi connectivity index (χ1n) is 5.44. The molecule has 0 radical (unpaired) electrons. The fraction of sp³-hybridized carbons (Fsp3) is 0.417. The molecule has 1 heterocycles. The van der Waals surface area contributed by atoms with Gasteiger partial charge in [-0.2, -0.15) is 0 Å². The Labute approximate surface area is 94.4 Å². The summed E-state index contributed by atoms with van der Waals surface area (Å²) < 4.78 is 5.32. The first-order valence-corrected chi connectivity index (χ1v) is 5.44. The molecule has 0 bridgehead atoms. The van der Waals surface area contributed by atoms with Crippen molar-refractivity contribution in [2.24, 2.45) is 0 Å². The standard InChI is InChI=1S/C12H15NO3/c1-2-16-10-5-3-9(4-6-10)13-8-7-11(14)12(13)15/h3-6,11,14H,2,7-8H2,1H3. The van der Waals surface area contributed by atoms with Crippen LogP contribution in [0.5, 0.6) is 5.75 Å². The number of rotatable bonds is 3. The first kappa shape index (κ1) is 11.0. The Morgan fingerprint density at radius 2 is 2.12 bits per heavy atom. The third kappa shape index (κ3) is 2.02. The van der Waals surface area contributed by atoms with Crippen molar-refractivity contribution in [2.75, 3.05) is 18.1 Å². The van der Waals surface area contributed by atoms with Crippen molar-refractivity contribution in [3.05, 3.63) is 24.3 Å². The van der Waals surface area contributed by atoms with Crippen molar-refractivity contribution in [3.8, 4) is 5.75 Å². The Kier molecular flexibility index (Phi) is 3.10. The van der Waals surface area contributed by atoms with Gasteiger partial charge in [0.05, 0.1) is 6.61 Å². The summed E-state index contributed by atoms with van der Waals surface area (Å²) in [6.45, 7) is 3.13. The molecule has 2 rings (SSSR count). The highest BCUT2D eigenvalue weighted by Crippen LogP contribution is 2.24. The van der Waals surface area contributed by atoms with E-state index in [9.17, 15) is 9.90 Å². The molecule has 1 unspecified atom stereocenters. The van der Waals surface area contributed by atoms with Crippen LogP contribution in [-0.4, -0.2) is 30.3 Å². The fourth-order valence-electron chi connectivity index (χ4n) is 1.81. The summed E-state index contributed by atoms with van der Waals surface area (Å²) in [7, 11) is 0. The monoisotopic (exact) mass is 221 g/mol. The quantitative estimate of drug-likeness (QED) is 0.834. The third-order valence-corrected chi connectivity index (χ3v) is 2.64. The average Bonchev–Trinajstić information content (AvgIpc) is 2.62. The van der Waals surface area contributed by atoms with Crippen LogP contribution in [0.15, 0.2) is 24.3 Å². The summed E-state index contributed by atoms with van der Waals surface area (Å²) in [6, 6.07) is 7.33. The van der Waals surface area contributed by atoms with Crippen molar-refractivity contribution in [1.29, 1.82) is 0 Å². The molecular formula is C12H15NO3. The Morgan fingerprint density at radius 1 is 1.44 bits per heavy atom. The smallest absolute Gasteiger partial charge is 0.255 e. The minimum atomic E-state index is -0.841. The van der Waals surface area contributed by atoms with Crippen LogP contribution >= 0.6 is 0 Å². The number of aliphatic hydroxyl groups excluding tert-OH is 1.